The molecule has 2 atom stereocenters. The van der Waals surface area contributed by atoms with Crippen molar-refractivity contribution >= 4 is 0 Å². The smallest absolute Gasteiger partial charge is 0.0674 e. The van der Waals surface area contributed by atoms with Gasteiger partial charge in [0.2, 0.25) is 0 Å². The zero-order valence-electron chi connectivity index (χ0n) is 8.30. The molecule has 0 bridgehead atoms. The maximum Gasteiger partial charge on any atom is 0.0674 e. The van der Waals surface area contributed by atoms with Gasteiger partial charge in [-0.3, -0.25) is 0 Å². The number of aliphatic hydroxyl groups is 2. The predicted molar refractivity (Wildman–Crippen MR) is 48.8 cm³/mol. The lowest BCUT2D eigenvalue weighted by Crippen LogP contribution is -2.48. The Kier molecular flexibility index (Phi) is 2.50. The highest BCUT2D eigenvalue weighted by molar-refractivity contribution is 4.95. The molecule has 1 saturated carbocycles. The van der Waals surface area contributed by atoms with Crippen LogP contribution in [0.4, 0.5) is 0 Å². The third-order valence-electron chi connectivity index (χ3n) is 3.38. The first-order valence-corrected chi connectivity index (χ1v) is 4.73. The van der Waals surface area contributed by atoms with E-state index >= 15 is 0 Å². The van der Waals surface area contributed by atoms with Gasteiger partial charge in [-0.15, -0.1) is 0 Å². The highest BCUT2D eigenvalue weighted by atomic mass is 16.3. The summed E-state index contributed by atoms with van der Waals surface area (Å²) in [6, 6.07) is 0. The summed E-state index contributed by atoms with van der Waals surface area (Å²) < 4.78 is 0. The molecule has 0 spiro atoms. The average Bonchev–Trinajstić information content (AvgIpc) is 1.83. The van der Waals surface area contributed by atoms with E-state index in [1.807, 2.05) is 6.92 Å². The third-order valence-corrected chi connectivity index (χ3v) is 3.38. The zero-order chi connectivity index (χ0) is 9.41. The monoisotopic (exact) mass is 172 g/mol. The molecule has 0 amide bonds. The van der Waals surface area contributed by atoms with Crippen LogP contribution in [0.15, 0.2) is 0 Å². The Balaban J connectivity index is 2.81. The largest absolute Gasteiger partial charge is 0.396 e. The van der Waals surface area contributed by atoms with Crippen molar-refractivity contribution in [3.8, 4) is 0 Å². The number of aliphatic hydroxyl groups excluding tert-OH is 1. The van der Waals surface area contributed by atoms with E-state index in [0.717, 1.165) is 19.3 Å². The zero-order valence-corrected chi connectivity index (χ0v) is 8.30. The Morgan fingerprint density at radius 2 is 1.83 bits per heavy atom. The van der Waals surface area contributed by atoms with Gasteiger partial charge in [-0.25, -0.2) is 0 Å². The first-order chi connectivity index (χ1) is 5.40. The maximum atomic E-state index is 10.0. The second-order valence-corrected chi connectivity index (χ2v) is 4.93. The molecule has 12 heavy (non-hydrogen) atoms. The quantitative estimate of drug-likeness (QED) is 0.630. The van der Waals surface area contributed by atoms with E-state index in [2.05, 4.69) is 13.8 Å². The average molecular weight is 172 g/mol. The molecule has 1 rings (SSSR count). The second kappa shape index (κ2) is 3.00. The van der Waals surface area contributed by atoms with Crippen LogP contribution >= 0.6 is 0 Å². The fraction of sp³-hybridized carbons (Fsp3) is 1.00. The molecule has 2 heteroatoms. The molecule has 72 valence electrons. The standard InChI is InChI=1S/C10H20O2/c1-9(2)5-4-6-10(3,12)8(9)7-11/h8,11-12H,4-7H2,1-3H3/t8-,10+/m0/s1. The van der Waals surface area contributed by atoms with Crippen LogP contribution in [-0.4, -0.2) is 22.4 Å². The predicted octanol–water partition coefficient (Wildman–Crippen LogP) is 1.56. The third kappa shape index (κ3) is 1.64. The Morgan fingerprint density at radius 3 is 2.17 bits per heavy atom. The van der Waals surface area contributed by atoms with Crippen molar-refractivity contribution in [2.75, 3.05) is 6.61 Å². The van der Waals surface area contributed by atoms with Crippen molar-refractivity contribution < 1.29 is 10.2 Å². The van der Waals surface area contributed by atoms with Crippen LogP contribution in [-0.2, 0) is 0 Å². The van der Waals surface area contributed by atoms with Gasteiger partial charge in [-0.2, -0.15) is 0 Å². The van der Waals surface area contributed by atoms with Crippen molar-refractivity contribution in [1.29, 1.82) is 0 Å². The molecular formula is C10H20O2. The molecule has 1 aliphatic carbocycles. The summed E-state index contributed by atoms with van der Waals surface area (Å²) in [4.78, 5) is 0. The Morgan fingerprint density at radius 1 is 1.25 bits per heavy atom. The molecule has 2 nitrogen and oxygen atoms in total. The Labute approximate surface area is 74.6 Å². The number of hydrogen-bond acceptors (Lipinski definition) is 2. The molecular weight excluding hydrogens is 152 g/mol. The molecule has 0 aliphatic heterocycles. The van der Waals surface area contributed by atoms with Crippen molar-refractivity contribution in [3.63, 3.8) is 0 Å². The minimum atomic E-state index is -0.670. The lowest BCUT2D eigenvalue weighted by atomic mass is 9.62. The number of hydrogen-bond donors (Lipinski definition) is 2. The minimum absolute atomic E-state index is 0.0266. The van der Waals surface area contributed by atoms with Crippen LogP contribution < -0.4 is 0 Å². The van der Waals surface area contributed by atoms with E-state index in [1.54, 1.807) is 0 Å². The van der Waals surface area contributed by atoms with Crippen molar-refractivity contribution in [2.45, 2.75) is 45.6 Å². The molecule has 0 aromatic heterocycles. The van der Waals surface area contributed by atoms with Crippen LogP contribution in [0.5, 0.6) is 0 Å². The van der Waals surface area contributed by atoms with Crippen LogP contribution in [0, 0.1) is 11.3 Å². The molecule has 0 aromatic rings. The summed E-state index contributed by atoms with van der Waals surface area (Å²) in [5, 5.41) is 19.2. The van der Waals surface area contributed by atoms with E-state index in [4.69, 9.17) is 0 Å². The normalized spacial score (nSPS) is 41.2. The summed E-state index contributed by atoms with van der Waals surface area (Å²) >= 11 is 0. The van der Waals surface area contributed by atoms with Gasteiger partial charge in [-0.05, 0) is 25.2 Å². The minimum Gasteiger partial charge on any atom is -0.396 e. The molecule has 1 fully saturated rings. The second-order valence-electron chi connectivity index (χ2n) is 4.93. The van der Waals surface area contributed by atoms with Crippen molar-refractivity contribution in [1.82, 2.24) is 0 Å². The van der Waals surface area contributed by atoms with Gasteiger partial charge in [0.15, 0.2) is 0 Å². The fourth-order valence-corrected chi connectivity index (χ4v) is 2.54. The van der Waals surface area contributed by atoms with Crippen LogP contribution in [0.2, 0.25) is 0 Å². The SMILES string of the molecule is CC1(C)CCC[C@@](C)(O)[C@H]1CO. The Hall–Kier alpha value is -0.0800. The van der Waals surface area contributed by atoms with Crippen molar-refractivity contribution in [2.24, 2.45) is 11.3 Å². The van der Waals surface area contributed by atoms with E-state index in [-0.39, 0.29) is 17.9 Å². The molecule has 0 unspecified atom stereocenters. The van der Waals surface area contributed by atoms with Gasteiger partial charge >= 0.3 is 0 Å². The van der Waals surface area contributed by atoms with E-state index in [1.165, 1.54) is 0 Å². The summed E-state index contributed by atoms with van der Waals surface area (Å²) in [7, 11) is 0. The fourth-order valence-electron chi connectivity index (χ4n) is 2.54. The van der Waals surface area contributed by atoms with E-state index < -0.39 is 5.60 Å². The van der Waals surface area contributed by atoms with Gasteiger partial charge in [-0.1, -0.05) is 20.3 Å². The lowest BCUT2D eigenvalue weighted by molar-refractivity contribution is -0.108. The first kappa shape index (κ1) is 10.0. The van der Waals surface area contributed by atoms with Gasteiger partial charge in [0.25, 0.3) is 0 Å². The maximum absolute atomic E-state index is 10.0. The summed E-state index contributed by atoms with van der Waals surface area (Å²) in [5.41, 5.74) is -0.590. The van der Waals surface area contributed by atoms with Crippen LogP contribution in [0.1, 0.15) is 40.0 Å². The highest BCUT2D eigenvalue weighted by Gasteiger charge is 2.44. The summed E-state index contributed by atoms with van der Waals surface area (Å²) in [6.45, 7) is 6.19. The van der Waals surface area contributed by atoms with Gasteiger partial charge in [0, 0.05) is 12.5 Å². The molecule has 0 saturated heterocycles. The summed E-state index contributed by atoms with van der Waals surface area (Å²) in [5.74, 6) is 0.0266. The lowest BCUT2D eigenvalue weighted by Gasteiger charge is -2.47. The molecule has 1 aliphatic rings. The van der Waals surface area contributed by atoms with E-state index in [9.17, 15) is 10.2 Å². The van der Waals surface area contributed by atoms with Crippen molar-refractivity contribution in [3.05, 3.63) is 0 Å². The molecule has 0 aromatic carbocycles. The first-order valence-electron chi connectivity index (χ1n) is 4.73. The van der Waals surface area contributed by atoms with E-state index in [0.29, 0.717) is 0 Å². The number of rotatable bonds is 1. The molecule has 2 N–H and O–H groups in total. The van der Waals surface area contributed by atoms with Gasteiger partial charge in [0.05, 0.1) is 5.60 Å². The van der Waals surface area contributed by atoms with Crippen LogP contribution in [0.25, 0.3) is 0 Å². The topological polar surface area (TPSA) is 40.5 Å². The molecule has 0 radical (unpaired) electrons. The van der Waals surface area contributed by atoms with Gasteiger partial charge in [0.1, 0.15) is 0 Å². The van der Waals surface area contributed by atoms with Crippen LogP contribution in [0.3, 0.4) is 0 Å². The Bertz CT molecular complexity index is 145. The summed E-state index contributed by atoms with van der Waals surface area (Å²) in [6.07, 6.45) is 2.99. The molecule has 0 heterocycles. The van der Waals surface area contributed by atoms with Gasteiger partial charge < -0.3 is 10.2 Å². The highest BCUT2D eigenvalue weighted by Crippen LogP contribution is 2.45.